The highest BCUT2D eigenvalue weighted by Gasteiger charge is 2.40. The van der Waals surface area contributed by atoms with Crippen molar-refractivity contribution in [3.63, 3.8) is 0 Å². The summed E-state index contributed by atoms with van der Waals surface area (Å²) in [5, 5.41) is 0. The van der Waals surface area contributed by atoms with E-state index in [9.17, 15) is 4.39 Å². The van der Waals surface area contributed by atoms with Gasteiger partial charge in [-0.25, -0.2) is 9.38 Å². The molecule has 0 aromatic heterocycles. The summed E-state index contributed by atoms with van der Waals surface area (Å²) >= 11 is 0. The van der Waals surface area contributed by atoms with E-state index < -0.39 is 5.72 Å². The van der Waals surface area contributed by atoms with Crippen LogP contribution in [-0.4, -0.2) is 36.1 Å². The summed E-state index contributed by atoms with van der Waals surface area (Å²) in [6, 6.07) is 4.78. The Kier molecular flexibility index (Phi) is 2.93. The second-order valence-electron chi connectivity index (χ2n) is 5.09. The van der Waals surface area contributed by atoms with E-state index in [0.29, 0.717) is 11.3 Å². The molecule has 102 valence electrons. The van der Waals surface area contributed by atoms with Crippen molar-refractivity contribution in [3.8, 4) is 5.75 Å². The smallest absolute Gasteiger partial charge is 0.204 e. The molecule has 0 saturated carbocycles. The van der Waals surface area contributed by atoms with Crippen molar-refractivity contribution >= 4 is 5.84 Å². The maximum atomic E-state index is 13.7. The molecule has 0 atom stereocenters. The summed E-state index contributed by atoms with van der Waals surface area (Å²) in [6.45, 7) is 5.03. The fourth-order valence-electron chi connectivity index (χ4n) is 2.77. The molecule has 1 spiro atoms. The Morgan fingerprint density at radius 1 is 1.42 bits per heavy atom. The fraction of sp³-hybridized carbons (Fsp3) is 0.500. The van der Waals surface area contributed by atoms with Gasteiger partial charge in [0.2, 0.25) is 5.72 Å². The number of nitrogens with zero attached hydrogens (tertiary/aromatic N) is 2. The van der Waals surface area contributed by atoms with Gasteiger partial charge in [-0.05, 0) is 18.7 Å². The van der Waals surface area contributed by atoms with Crippen LogP contribution in [0.4, 0.5) is 4.39 Å². The van der Waals surface area contributed by atoms with Gasteiger partial charge in [-0.2, -0.15) is 0 Å². The number of ether oxygens (including phenoxy) is 1. The molecule has 2 N–H and O–H groups in total. The van der Waals surface area contributed by atoms with Gasteiger partial charge < -0.3 is 15.4 Å². The van der Waals surface area contributed by atoms with Crippen molar-refractivity contribution in [3.05, 3.63) is 29.6 Å². The predicted octanol–water partition coefficient (Wildman–Crippen LogP) is 1.74. The van der Waals surface area contributed by atoms with Crippen molar-refractivity contribution in [2.45, 2.75) is 25.5 Å². The van der Waals surface area contributed by atoms with E-state index in [1.165, 1.54) is 6.07 Å². The molecule has 0 amide bonds. The average molecular weight is 263 g/mol. The number of likely N-dealkylation sites (tertiary alicyclic amines) is 1. The van der Waals surface area contributed by atoms with Crippen molar-refractivity contribution in [1.82, 2.24) is 4.90 Å². The molecule has 19 heavy (non-hydrogen) atoms. The second kappa shape index (κ2) is 4.49. The number of benzene rings is 1. The summed E-state index contributed by atoms with van der Waals surface area (Å²) in [5.74, 6) is 0.390. The summed E-state index contributed by atoms with van der Waals surface area (Å²) in [7, 11) is 0. The van der Waals surface area contributed by atoms with Gasteiger partial charge in [-0.15, -0.1) is 0 Å². The highest BCUT2D eigenvalue weighted by Crippen LogP contribution is 2.36. The van der Waals surface area contributed by atoms with Crippen LogP contribution in [-0.2, 0) is 0 Å². The van der Waals surface area contributed by atoms with Crippen LogP contribution in [0.1, 0.15) is 25.3 Å². The number of hydrogen-bond donors (Lipinski definition) is 1. The molecule has 2 heterocycles. The molecule has 0 bridgehead atoms. The topological polar surface area (TPSA) is 50.8 Å². The number of fused-ring (bicyclic) bond motifs is 1. The van der Waals surface area contributed by atoms with Gasteiger partial charge in [-0.1, -0.05) is 13.0 Å². The molecular formula is C14H18FN3O. The van der Waals surface area contributed by atoms with Gasteiger partial charge in [0.05, 0.1) is 5.56 Å². The lowest BCUT2D eigenvalue weighted by atomic mass is 9.98. The maximum Gasteiger partial charge on any atom is 0.204 e. The van der Waals surface area contributed by atoms with E-state index in [4.69, 9.17) is 10.5 Å². The fourth-order valence-corrected chi connectivity index (χ4v) is 2.77. The van der Waals surface area contributed by atoms with Gasteiger partial charge in [0.25, 0.3) is 0 Å². The van der Waals surface area contributed by atoms with Crippen LogP contribution in [0, 0.1) is 5.82 Å². The number of nitrogens with two attached hydrogens (primary N) is 1. The molecule has 0 radical (unpaired) electrons. The number of aliphatic imine (C=N–C) groups is 1. The molecule has 2 aliphatic heterocycles. The lowest BCUT2D eigenvalue weighted by molar-refractivity contribution is 0.00684. The SMILES string of the molecule is CCN1CCC2(CC1)N=C(N)c1c(F)cccc1O2. The lowest BCUT2D eigenvalue weighted by Crippen LogP contribution is -2.49. The molecule has 3 rings (SSSR count). The van der Waals surface area contributed by atoms with Crippen LogP contribution in [0.25, 0.3) is 0 Å². The number of piperidine rings is 1. The number of halogens is 1. The van der Waals surface area contributed by atoms with Crippen molar-refractivity contribution < 1.29 is 9.13 Å². The zero-order chi connectivity index (χ0) is 13.5. The van der Waals surface area contributed by atoms with E-state index in [1.54, 1.807) is 12.1 Å². The average Bonchev–Trinajstić information content (AvgIpc) is 2.39. The Hall–Kier alpha value is -1.62. The van der Waals surface area contributed by atoms with Gasteiger partial charge in [0, 0.05) is 25.9 Å². The van der Waals surface area contributed by atoms with Gasteiger partial charge >= 0.3 is 0 Å². The third-order valence-corrected chi connectivity index (χ3v) is 3.94. The summed E-state index contributed by atoms with van der Waals surface area (Å²) in [4.78, 5) is 6.80. The Morgan fingerprint density at radius 2 is 2.16 bits per heavy atom. The predicted molar refractivity (Wildman–Crippen MR) is 71.8 cm³/mol. The van der Waals surface area contributed by atoms with Crippen molar-refractivity contribution in [2.24, 2.45) is 10.7 Å². The first-order valence-electron chi connectivity index (χ1n) is 6.69. The van der Waals surface area contributed by atoms with E-state index in [-0.39, 0.29) is 11.7 Å². The standard InChI is InChI=1S/C14H18FN3O/c1-2-18-8-6-14(7-9-18)17-13(16)12-10(15)4-3-5-11(12)19-14/h3-5H,2,6-9H2,1H3,(H2,16,17). The minimum absolute atomic E-state index is 0.254. The Balaban J connectivity index is 1.92. The van der Waals surface area contributed by atoms with Gasteiger partial charge in [-0.3, -0.25) is 0 Å². The molecule has 1 fully saturated rings. The highest BCUT2D eigenvalue weighted by molar-refractivity contribution is 6.01. The zero-order valence-corrected chi connectivity index (χ0v) is 11.0. The third kappa shape index (κ3) is 2.08. The second-order valence-corrected chi connectivity index (χ2v) is 5.09. The normalized spacial score (nSPS) is 21.7. The first-order valence-corrected chi connectivity index (χ1v) is 6.69. The molecule has 1 aromatic carbocycles. The van der Waals surface area contributed by atoms with E-state index in [0.717, 1.165) is 32.5 Å². The Labute approximate surface area is 112 Å². The number of hydrogen-bond acceptors (Lipinski definition) is 4. The number of amidine groups is 1. The summed E-state index contributed by atoms with van der Waals surface area (Å²) in [5.41, 5.74) is 5.63. The van der Waals surface area contributed by atoms with Crippen molar-refractivity contribution in [1.29, 1.82) is 0 Å². The molecule has 5 heteroatoms. The molecule has 0 unspecified atom stereocenters. The van der Waals surface area contributed by atoms with E-state index in [1.807, 2.05) is 0 Å². The van der Waals surface area contributed by atoms with Crippen LogP contribution >= 0.6 is 0 Å². The van der Waals surface area contributed by atoms with Crippen molar-refractivity contribution in [2.75, 3.05) is 19.6 Å². The molecule has 1 aromatic rings. The van der Waals surface area contributed by atoms with E-state index >= 15 is 0 Å². The van der Waals surface area contributed by atoms with E-state index in [2.05, 4.69) is 16.8 Å². The number of rotatable bonds is 1. The zero-order valence-electron chi connectivity index (χ0n) is 11.0. The molecule has 4 nitrogen and oxygen atoms in total. The lowest BCUT2D eigenvalue weighted by Gasteiger charge is -2.41. The Morgan fingerprint density at radius 3 is 2.84 bits per heavy atom. The van der Waals surface area contributed by atoms with Crippen LogP contribution < -0.4 is 10.5 Å². The summed E-state index contributed by atoms with van der Waals surface area (Å²) in [6.07, 6.45) is 1.58. The quantitative estimate of drug-likeness (QED) is 0.839. The van der Waals surface area contributed by atoms with Gasteiger partial charge in [0.1, 0.15) is 17.4 Å². The Bertz CT molecular complexity index is 521. The minimum Gasteiger partial charge on any atom is -0.465 e. The van der Waals surface area contributed by atoms with Crippen LogP contribution in [0.2, 0.25) is 0 Å². The molecule has 2 aliphatic rings. The van der Waals surface area contributed by atoms with Crippen LogP contribution in [0.15, 0.2) is 23.2 Å². The molecule has 0 aliphatic carbocycles. The van der Waals surface area contributed by atoms with Crippen LogP contribution in [0.5, 0.6) is 5.75 Å². The third-order valence-electron chi connectivity index (χ3n) is 3.94. The molecule has 1 saturated heterocycles. The summed E-state index contributed by atoms with van der Waals surface area (Å²) < 4.78 is 19.7. The van der Waals surface area contributed by atoms with Gasteiger partial charge in [0.15, 0.2) is 0 Å². The maximum absolute atomic E-state index is 13.7. The monoisotopic (exact) mass is 263 g/mol. The largest absolute Gasteiger partial charge is 0.465 e. The first kappa shape index (κ1) is 12.4. The minimum atomic E-state index is -0.601. The first-order chi connectivity index (χ1) is 9.13. The highest BCUT2D eigenvalue weighted by atomic mass is 19.1. The van der Waals surface area contributed by atoms with Crippen LogP contribution in [0.3, 0.4) is 0 Å². The molecular weight excluding hydrogens is 245 g/mol.